The Morgan fingerprint density at radius 3 is 3.00 bits per heavy atom. The SMILES string of the molecule is CCCOC(=O)c1ccnc(C)c1. The van der Waals surface area contributed by atoms with Gasteiger partial charge in [0.25, 0.3) is 0 Å². The van der Waals surface area contributed by atoms with E-state index in [1.165, 1.54) is 0 Å². The molecule has 0 radical (unpaired) electrons. The molecule has 1 rings (SSSR count). The van der Waals surface area contributed by atoms with E-state index in [2.05, 4.69) is 4.98 Å². The molecule has 0 saturated carbocycles. The monoisotopic (exact) mass is 179 g/mol. The molecule has 0 spiro atoms. The smallest absolute Gasteiger partial charge is 0.338 e. The maximum atomic E-state index is 11.3. The first-order chi connectivity index (χ1) is 6.24. The summed E-state index contributed by atoms with van der Waals surface area (Å²) in [4.78, 5) is 15.3. The summed E-state index contributed by atoms with van der Waals surface area (Å²) in [6.45, 7) is 4.28. The first kappa shape index (κ1) is 9.71. The van der Waals surface area contributed by atoms with Gasteiger partial charge in [0.15, 0.2) is 0 Å². The van der Waals surface area contributed by atoms with Crippen molar-refractivity contribution in [1.82, 2.24) is 4.98 Å². The molecule has 0 amide bonds. The van der Waals surface area contributed by atoms with E-state index < -0.39 is 0 Å². The topological polar surface area (TPSA) is 39.2 Å². The molecule has 0 atom stereocenters. The summed E-state index contributed by atoms with van der Waals surface area (Å²) < 4.78 is 4.97. The lowest BCUT2D eigenvalue weighted by Crippen LogP contribution is -2.06. The number of aromatic nitrogens is 1. The molecule has 0 bridgehead atoms. The van der Waals surface area contributed by atoms with Gasteiger partial charge < -0.3 is 4.74 Å². The molecule has 3 heteroatoms. The number of ether oxygens (including phenoxy) is 1. The maximum absolute atomic E-state index is 11.3. The third-order valence-corrected chi connectivity index (χ3v) is 1.57. The molecule has 1 heterocycles. The lowest BCUT2D eigenvalue weighted by molar-refractivity contribution is 0.0505. The molecule has 0 aromatic carbocycles. The highest BCUT2D eigenvalue weighted by Gasteiger charge is 2.05. The minimum absolute atomic E-state index is 0.271. The van der Waals surface area contributed by atoms with Crippen molar-refractivity contribution >= 4 is 5.97 Å². The normalized spacial score (nSPS) is 9.69. The second-order valence-electron chi connectivity index (χ2n) is 2.82. The highest BCUT2D eigenvalue weighted by Crippen LogP contribution is 2.02. The fraction of sp³-hybridized carbons (Fsp3) is 0.400. The lowest BCUT2D eigenvalue weighted by atomic mass is 10.2. The summed E-state index contributed by atoms with van der Waals surface area (Å²) in [6, 6.07) is 3.38. The van der Waals surface area contributed by atoms with Crippen LogP contribution in [0, 0.1) is 6.92 Å². The summed E-state index contributed by atoms with van der Waals surface area (Å²) in [6.07, 6.45) is 2.45. The molecule has 0 saturated heterocycles. The zero-order valence-corrected chi connectivity index (χ0v) is 7.91. The number of hydrogen-bond acceptors (Lipinski definition) is 3. The molecule has 70 valence electrons. The third kappa shape index (κ3) is 2.86. The van der Waals surface area contributed by atoms with Crippen molar-refractivity contribution in [2.75, 3.05) is 6.61 Å². The number of aryl methyl sites for hydroxylation is 1. The van der Waals surface area contributed by atoms with Crippen LogP contribution in [0.3, 0.4) is 0 Å². The minimum Gasteiger partial charge on any atom is -0.462 e. The summed E-state index contributed by atoms with van der Waals surface area (Å²) in [5, 5.41) is 0. The summed E-state index contributed by atoms with van der Waals surface area (Å²) in [7, 11) is 0. The van der Waals surface area contributed by atoms with E-state index in [1.54, 1.807) is 18.3 Å². The van der Waals surface area contributed by atoms with Crippen LogP contribution in [0.4, 0.5) is 0 Å². The Morgan fingerprint density at radius 1 is 1.62 bits per heavy atom. The molecule has 0 fully saturated rings. The van der Waals surface area contributed by atoms with E-state index in [0.29, 0.717) is 12.2 Å². The lowest BCUT2D eigenvalue weighted by Gasteiger charge is -2.02. The van der Waals surface area contributed by atoms with Crippen LogP contribution in [0.1, 0.15) is 29.4 Å². The highest BCUT2D eigenvalue weighted by molar-refractivity contribution is 5.89. The Labute approximate surface area is 77.8 Å². The number of esters is 1. The molecule has 0 aliphatic rings. The van der Waals surface area contributed by atoms with Crippen molar-refractivity contribution in [3.8, 4) is 0 Å². The first-order valence-electron chi connectivity index (χ1n) is 4.34. The van der Waals surface area contributed by atoms with Crippen molar-refractivity contribution < 1.29 is 9.53 Å². The largest absolute Gasteiger partial charge is 0.462 e. The number of carbonyl (C=O) groups is 1. The standard InChI is InChI=1S/C10H13NO2/c1-3-6-13-10(12)9-4-5-11-8(2)7-9/h4-5,7H,3,6H2,1-2H3. The van der Waals surface area contributed by atoms with Gasteiger partial charge in [-0.25, -0.2) is 4.79 Å². The van der Waals surface area contributed by atoms with Crippen molar-refractivity contribution in [3.05, 3.63) is 29.6 Å². The van der Waals surface area contributed by atoms with Crippen LogP contribution in [0.15, 0.2) is 18.3 Å². The van der Waals surface area contributed by atoms with Crippen LogP contribution in [0.5, 0.6) is 0 Å². The van der Waals surface area contributed by atoms with E-state index in [0.717, 1.165) is 12.1 Å². The molecule has 0 N–H and O–H groups in total. The number of rotatable bonds is 3. The zero-order chi connectivity index (χ0) is 9.68. The fourth-order valence-corrected chi connectivity index (χ4v) is 0.951. The van der Waals surface area contributed by atoms with Crippen LogP contribution >= 0.6 is 0 Å². The molecule has 0 aliphatic heterocycles. The van der Waals surface area contributed by atoms with Gasteiger partial charge in [-0.3, -0.25) is 4.98 Å². The maximum Gasteiger partial charge on any atom is 0.338 e. The predicted molar refractivity (Wildman–Crippen MR) is 49.5 cm³/mol. The Morgan fingerprint density at radius 2 is 2.38 bits per heavy atom. The molecule has 0 unspecified atom stereocenters. The van der Waals surface area contributed by atoms with E-state index in [-0.39, 0.29) is 5.97 Å². The van der Waals surface area contributed by atoms with Crippen LogP contribution in [-0.4, -0.2) is 17.6 Å². The van der Waals surface area contributed by atoms with E-state index in [9.17, 15) is 4.79 Å². The van der Waals surface area contributed by atoms with E-state index >= 15 is 0 Å². The highest BCUT2D eigenvalue weighted by atomic mass is 16.5. The quantitative estimate of drug-likeness (QED) is 0.666. The van der Waals surface area contributed by atoms with Gasteiger partial charge in [-0.15, -0.1) is 0 Å². The Bertz CT molecular complexity index is 297. The average Bonchev–Trinajstić information content (AvgIpc) is 2.14. The average molecular weight is 179 g/mol. The number of pyridine rings is 1. The van der Waals surface area contributed by atoms with Gasteiger partial charge >= 0.3 is 5.97 Å². The minimum atomic E-state index is -0.271. The van der Waals surface area contributed by atoms with E-state index in [1.807, 2.05) is 13.8 Å². The third-order valence-electron chi connectivity index (χ3n) is 1.57. The van der Waals surface area contributed by atoms with Gasteiger partial charge in [0.1, 0.15) is 0 Å². The second-order valence-corrected chi connectivity index (χ2v) is 2.82. The molecule has 3 nitrogen and oxygen atoms in total. The van der Waals surface area contributed by atoms with Crippen LogP contribution in [0.2, 0.25) is 0 Å². The van der Waals surface area contributed by atoms with Crippen molar-refractivity contribution in [1.29, 1.82) is 0 Å². The molecule has 13 heavy (non-hydrogen) atoms. The molecule has 1 aromatic rings. The molecule has 1 aromatic heterocycles. The Hall–Kier alpha value is -1.38. The van der Waals surface area contributed by atoms with Crippen LogP contribution in [-0.2, 0) is 4.74 Å². The summed E-state index contributed by atoms with van der Waals surface area (Å²) in [5.41, 5.74) is 1.40. The molecular weight excluding hydrogens is 166 g/mol. The summed E-state index contributed by atoms with van der Waals surface area (Å²) >= 11 is 0. The number of nitrogens with zero attached hydrogens (tertiary/aromatic N) is 1. The van der Waals surface area contributed by atoms with Crippen molar-refractivity contribution in [2.45, 2.75) is 20.3 Å². The van der Waals surface area contributed by atoms with Crippen molar-refractivity contribution in [2.24, 2.45) is 0 Å². The van der Waals surface area contributed by atoms with Crippen LogP contribution in [0.25, 0.3) is 0 Å². The van der Waals surface area contributed by atoms with Gasteiger partial charge in [0, 0.05) is 11.9 Å². The van der Waals surface area contributed by atoms with E-state index in [4.69, 9.17) is 4.74 Å². The zero-order valence-electron chi connectivity index (χ0n) is 7.91. The Kier molecular flexibility index (Phi) is 3.43. The fourth-order valence-electron chi connectivity index (χ4n) is 0.951. The van der Waals surface area contributed by atoms with Gasteiger partial charge in [-0.05, 0) is 25.5 Å². The molecule has 0 aliphatic carbocycles. The number of hydrogen-bond donors (Lipinski definition) is 0. The summed E-state index contributed by atoms with van der Waals surface area (Å²) in [5.74, 6) is -0.271. The van der Waals surface area contributed by atoms with Gasteiger partial charge in [0.2, 0.25) is 0 Å². The van der Waals surface area contributed by atoms with Gasteiger partial charge in [0.05, 0.1) is 12.2 Å². The predicted octanol–water partition coefficient (Wildman–Crippen LogP) is 1.96. The van der Waals surface area contributed by atoms with Crippen LogP contribution < -0.4 is 0 Å². The number of carbonyl (C=O) groups excluding carboxylic acids is 1. The molecular formula is C10H13NO2. The Balaban J connectivity index is 2.66. The first-order valence-corrected chi connectivity index (χ1v) is 4.34. The van der Waals surface area contributed by atoms with Gasteiger partial charge in [-0.2, -0.15) is 0 Å². The van der Waals surface area contributed by atoms with Crippen molar-refractivity contribution in [3.63, 3.8) is 0 Å². The second kappa shape index (κ2) is 4.60. The van der Waals surface area contributed by atoms with Gasteiger partial charge in [-0.1, -0.05) is 6.92 Å².